The van der Waals surface area contributed by atoms with Crippen LogP contribution in [0.25, 0.3) is 11.1 Å². The Bertz CT molecular complexity index is 932. The number of ketones is 2. The molecule has 6 nitrogen and oxygen atoms in total. The van der Waals surface area contributed by atoms with Crippen LogP contribution in [0.3, 0.4) is 0 Å². The van der Waals surface area contributed by atoms with Crippen LogP contribution in [0.2, 0.25) is 0 Å². The van der Waals surface area contributed by atoms with E-state index in [9.17, 15) is 18.8 Å². The minimum atomic E-state index is -0.768. The number of nitrogens with zero attached hydrogens (tertiary/aromatic N) is 2. The highest BCUT2D eigenvalue weighted by atomic mass is 19.1. The standard InChI is InChI=1S/C17H17FN2O4/c1-19(2)8-11(14(21)9-4-5-9)15(22)10-6-7-12(18)13-16(10)24-17(23)20(13)3/h6-9H,4-5H2,1-3H3. The second kappa shape index (κ2) is 5.74. The highest BCUT2D eigenvalue weighted by Gasteiger charge is 2.35. The zero-order valence-electron chi connectivity index (χ0n) is 13.6. The van der Waals surface area contributed by atoms with Gasteiger partial charge in [0, 0.05) is 33.3 Å². The van der Waals surface area contributed by atoms with Crippen LogP contribution < -0.4 is 5.76 Å². The summed E-state index contributed by atoms with van der Waals surface area (Å²) in [4.78, 5) is 38.6. The molecular formula is C17H17FN2O4. The van der Waals surface area contributed by atoms with Gasteiger partial charge in [-0.3, -0.25) is 14.2 Å². The molecule has 1 fully saturated rings. The molecule has 7 heteroatoms. The maximum Gasteiger partial charge on any atom is 0.419 e. The molecule has 1 aliphatic rings. The van der Waals surface area contributed by atoms with Crippen molar-refractivity contribution in [3.63, 3.8) is 0 Å². The second-order valence-electron chi connectivity index (χ2n) is 6.17. The number of aryl methyl sites for hydroxylation is 1. The van der Waals surface area contributed by atoms with Crippen LogP contribution in [0.1, 0.15) is 23.2 Å². The number of Topliss-reactive ketones (excluding diaryl/α,β-unsaturated/α-hetero) is 2. The van der Waals surface area contributed by atoms with Gasteiger partial charge in [0.1, 0.15) is 5.52 Å². The van der Waals surface area contributed by atoms with E-state index in [0.29, 0.717) is 0 Å². The Morgan fingerprint density at radius 2 is 2.00 bits per heavy atom. The van der Waals surface area contributed by atoms with Crippen LogP contribution >= 0.6 is 0 Å². The van der Waals surface area contributed by atoms with E-state index >= 15 is 0 Å². The quantitative estimate of drug-likeness (QED) is 0.362. The molecule has 2 aromatic rings. The Morgan fingerprint density at radius 3 is 2.58 bits per heavy atom. The fourth-order valence-electron chi connectivity index (χ4n) is 2.59. The number of rotatable bonds is 5. The van der Waals surface area contributed by atoms with Crippen molar-refractivity contribution in [3.05, 3.63) is 45.8 Å². The lowest BCUT2D eigenvalue weighted by Gasteiger charge is -2.11. The molecule has 1 heterocycles. The van der Waals surface area contributed by atoms with Gasteiger partial charge in [-0.1, -0.05) is 0 Å². The first kappa shape index (κ1) is 16.2. The number of carbonyl (C=O) groups is 2. The summed E-state index contributed by atoms with van der Waals surface area (Å²) in [7, 11) is 4.77. The minimum Gasteiger partial charge on any atom is -0.407 e. The van der Waals surface area contributed by atoms with Crippen molar-refractivity contribution in [1.29, 1.82) is 0 Å². The summed E-state index contributed by atoms with van der Waals surface area (Å²) < 4.78 is 20.0. The van der Waals surface area contributed by atoms with Crippen molar-refractivity contribution < 1.29 is 18.4 Å². The molecule has 0 radical (unpaired) electrons. The van der Waals surface area contributed by atoms with Gasteiger partial charge in [0.2, 0.25) is 5.78 Å². The Labute approximate surface area is 137 Å². The first-order valence-electron chi connectivity index (χ1n) is 7.56. The summed E-state index contributed by atoms with van der Waals surface area (Å²) in [6, 6.07) is 2.34. The van der Waals surface area contributed by atoms with Crippen LogP contribution in [-0.4, -0.2) is 35.1 Å². The number of oxazole rings is 1. The fourth-order valence-corrected chi connectivity index (χ4v) is 2.59. The summed E-state index contributed by atoms with van der Waals surface area (Å²) in [5, 5.41) is 0. The van der Waals surface area contributed by atoms with E-state index in [-0.39, 0.29) is 33.9 Å². The van der Waals surface area contributed by atoms with Crippen molar-refractivity contribution in [2.24, 2.45) is 13.0 Å². The van der Waals surface area contributed by atoms with E-state index in [0.717, 1.165) is 23.5 Å². The van der Waals surface area contributed by atoms with E-state index < -0.39 is 17.4 Å². The lowest BCUT2D eigenvalue weighted by molar-refractivity contribution is -0.116. The molecule has 0 aliphatic heterocycles. The fraction of sp³-hybridized carbons (Fsp3) is 0.353. The molecule has 126 valence electrons. The van der Waals surface area contributed by atoms with Gasteiger partial charge in [0.05, 0.1) is 11.1 Å². The summed E-state index contributed by atoms with van der Waals surface area (Å²) in [5.74, 6) is -2.37. The van der Waals surface area contributed by atoms with E-state index in [4.69, 9.17) is 4.42 Å². The maximum atomic E-state index is 14.0. The van der Waals surface area contributed by atoms with E-state index in [1.54, 1.807) is 19.0 Å². The Hall–Kier alpha value is -2.70. The molecular weight excluding hydrogens is 315 g/mol. The Kier molecular flexibility index (Phi) is 3.87. The van der Waals surface area contributed by atoms with Crippen LogP contribution in [-0.2, 0) is 11.8 Å². The molecule has 1 aliphatic carbocycles. The van der Waals surface area contributed by atoms with Crippen molar-refractivity contribution >= 4 is 22.7 Å². The molecule has 0 amide bonds. The van der Waals surface area contributed by atoms with Crippen LogP contribution in [0.4, 0.5) is 4.39 Å². The molecule has 1 aromatic carbocycles. The van der Waals surface area contributed by atoms with Crippen molar-refractivity contribution in [2.75, 3.05) is 14.1 Å². The average Bonchev–Trinajstić information content (AvgIpc) is 3.31. The number of fused-ring (bicyclic) bond motifs is 1. The van der Waals surface area contributed by atoms with Gasteiger partial charge in [0.25, 0.3) is 0 Å². The number of carbonyl (C=O) groups excluding carboxylic acids is 2. The predicted octanol–water partition coefficient (Wildman–Crippen LogP) is 1.88. The normalized spacial score (nSPS) is 14.9. The maximum absolute atomic E-state index is 14.0. The minimum absolute atomic E-state index is 0.00574. The molecule has 0 bridgehead atoms. The third-order valence-electron chi connectivity index (χ3n) is 3.97. The second-order valence-corrected chi connectivity index (χ2v) is 6.17. The first-order valence-corrected chi connectivity index (χ1v) is 7.56. The van der Waals surface area contributed by atoms with E-state index in [2.05, 4.69) is 0 Å². The number of hydrogen-bond acceptors (Lipinski definition) is 5. The molecule has 0 atom stereocenters. The molecule has 1 aromatic heterocycles. The van der Waals surface area contributed by atoms with Crippen LogP contribution in [0, 0.1) is 11.7 Å². The molecule has 0 saturated heterocycles. The van der Waals surface area contributed by atoms with Crippen LogP contribution in [0.15, 0.2) is 33.1 Å². The van der Waals surface area contributed by atoms with E-state index in [1.165, 1.54) is 19.3 Å². The Morgan fingerprint density at radius 1 is 1.33 bits per heavy atom. The Balaban J connectivity index is 2.16. The first-order chi connectivity index (χ1) is 11.3. The number of hydrogen-bond donors (Lipinski definition) is 0. The molecule has 0 spiro atoms. The molecule has 24 heavy (non-hydrogen) atoms. The smallest absolute Gasteiger partial charge is 0.407 e. The third-order valence-corrected chi connectivity index (χ3v) is 3.97. The van der Waals surface area contributed by atoms with Gasteiger partial charge in [-0.05, 0) is 25.0 Å². The highest BCUT2D eigenvalue weighted by Crippen LogP contribution is 2.34. The lowest BCUT2D eigenvalue weighted by Crippen LogP contribution is -2.18. The van der Waals surface area contributed by atoms with Gasteiger partial charge >= 0.3 is 5.76 Å². The zero-order chi connectivity index (χ0) is 17.6. The van der Waals surface area contributed by atoms with Gasteiger partial charge in [0.15, 0.2) is 17.2 Å². The summed E-state index contributed by atoms with van der Waals surface area (Å²) in [6.45, 7) is 0. The molecule has 3 rings (SSSR count). The van der Waals surface area contributed by atoms with Crippen molar-refractivity contribution in [3.8, 4) is 0 Å². The van der Waals surface area contributed by atoms with Gasteiger partial charge in [-0.15, -0.1) is 0 Å². The highest BCUT2D eigenvalue weighted by molar-refractivity contribution is 6.29. The predicted molar refractivity (Wildman–Crippen MR) is 85.2 cm³/mol. The number of allylic oxidation sites excluding steroid dienone is 1. The van der Waals surface area contributed by atoms with Gasteiger partial charge in [-0.2, -0.15) is 0 Å². The monoisotopic (exact) mass is 332 g/mol. The topological polar surface area (TPSA) is 72.5 Å². The molecule has 1 saturated carbocycles. The van der Waals surface area contributed by atoms with Crippen LogP contribution in [0.5, 0.6) is 0 Å². The van der Waals surface area contributed by atoms with Crippen molar-refractivity contribution in [2.45, 2.75) is 12.8 Å². The number of halogens is 1. The molecule has 0 N–H and O–H groups in total. The summed E-state index contributed by atoms with van der Waals surface area (Å²) in [6.07, 6.45) is 2.98. The van der Waals surface area contributed by atoms with E-state index in [1.807, 2.05) is 0 Å². The molecule has 0 unspecified atom stereocenters. The number of benzene rings is 1. The zero-order valence-corrected chi connectivity index (χ0v) is 13.6. The average molecular weight is 332 g/mol. The van der Waals surface area contributed by atoms with Gasteiger partial charge < -0.3 is 9.32 Å². The number of aromatic nitrogens is 1. The summed E-state index contributed by atoms with van der Waals surface area (Å²) in [5.41, 5.74) is -0.206. The third kappa shape index (κ3) is 2.66. The van der Waals surface area contributed by atoms with Gasteiger partial charge in [-0.25, -0.2) is 9.18 Å². The SMILES string of the molecule is CN(C)C=C(C(=O)c1ccc(F)c2c1oc(=O)n2C)C(=O)C1CC1. The largest absolute Gasteiger partial charge is 0.419 e. The van der Waals surface area contributed by atoms with Crippen molar-refractivity contribution in [1.82, 2.24) is 9.47 Å². The lowest BCUT2D eigenvalue weighted by atomic mass is 9.97. The summed E-state index contributed by atoms with van der Waals surface area (Å²) >= 11 is 0.